The van der Waals surface area contributed by atoms with E-state index in [1.165, 1.54) is 0 Å². The van der Waals surface area contributed by atoms with Gasteiger partial charge < -0.3 is 20.3 Å². The van der Waals surface area contributed by atoms with Gasteiger partial charge in [-0.3, -0.25) is 4.79 Å². The fourth-order valence-electron chi connectivity index (χ4n) is 2.02. The van der Waals surface area contributed by atoms with Crippen molar-refractivity contribution in [2.24, 2.45) is 5.73 Å². The van der Waals surface area contributed by atoms with Crippen molar-refractivity contribution in [2.45, 2.75) is 19.4 Å². The van der Waals surface area contributed by atoms with Gasteiger partial charge in [0.15, 0.2) is 6.61 Å². The second kappa shape index (κ2) is 5.48. The maximum atomic E-state index is 11.6. The van der Waals surface area contributed by atoms with Crippen LogP contribution < -0.4 is 20.3 Å². The van der Waals surface area contributed by atoms with Gasteiger partial charge in [0.05, 0.1) is 5.69 Å². The summed E-state index contributed by atoms with van der Waals surface area (Å²) < 4.78 is 5.41. The molecule has 104 valence electrons. The van der Waals surface area contributed by atoms with Crippen molar-refractivity contribution in [3.63, 3.8) is 0 Å². The molecule has 0 aromatic heterocycles. The second-order valence-corrected chi connectivity index (χ2v) is 5.08. The first-order valence-corrected chi connectivity index (χ1v) is 6.49. The standard InChI is InChI=1S/C14H21N3O2/c1-10(15)6-7-16(2)11-4-5-13-12(8-11)17(3)14(18)9-19-13/h4-5,8,10H,6-7,9,15H2,1-3H3. The first-order chi connectivity index (χ1) is 8.99. The van der Waals surface area contributed by atoms with Crippen LogP contribution in [0.1, 0.15) is 13.3 Å². The lowest BCUT2D eigenvalue weighted by molar-refractivity contribution is -0.120. The molecule has 2 N–H and O–H groups in total. The summed E-state index contributed by atoms with van der Waals surface area (Å²) in [5, 5.41) is 0. The van der Waals surface area contributed by atoms with E-state index in [-0.39, 0.29) is 18.6 Å². The minimum absolute atomic E-state index is 0.0251. The van der Waals surface area contributed by atoms with Crippen molar-refractivity contribution in [2.75, 3.05) is 37.0 Å². The molecule has 1 aromatic rings. The van der Waals surface area contributed by atoms with Crippen LogP contribution in [0.4, 0.5) is 11.4 Å². The van der Waals surface area contributed by atoms with E-state index in [2.05, 4.69) is 4.90 Å². The van der Waals surface area contributed by atoms with Gasteiger partial charge >= 0.3 is 0 Å². The van der Waals surface area contributed by atoms with Crippen LogP contribution in [0.3, 0.4) is 0 Å². The molecule has 0 spiro atoms. The molecule has 1 amide bonds. The summed E-state index contributed by atoms with van der Waals surface area (Å²) in [6.07, 6.45) is 0.929. The zero-order valence-corrected chi connectivity index (χ0v) is 11.7. The van der Waals surface area contributed by atoms with Gasteiger partial charge in [0.2, 0.25) is 0 Å². The van der Waals surface area contributed by atoms with E-state index >= 15 is 0 Å². The number of benzene rings is 1. The maximum Gasteiger partial charge on any atom is 0.264 e. The predicted molar refractivity (Wildman–Crippen MR) is 76.9 cm³/mol. The molecule has 1 aliphatic rings. The number of ether oxygens (including phenoxy) is 1. The van der Waals surface area contributed by atoms with Gasteiger partial charge in [-0.25, -0.2) is 0 Å². The molecule has 1 atom stereocenters. The van der Waals surface area contributed by atoms with Gasteiger partial charge in [-0.2, -0.15) is 0 Å². The molecule has 0 saturated heterocycles. The Labute approximate surface area is 113 Å². The molecule has 1 heterocycles. The van der Waals surface area contributed by atoms with E-state index in [1.807, 2.05) is 32.2 Å². The third kappa shape index (κ3) is 2.98. The molecule has 1 aliphatic heterocycles. The normalized spacial score (nSPS) is 15.8. The van der Waals surface area contributed by atoms with Gasteiger partial charge in [-0.1, -0.05) is 0 Å². The van der Waals surface area contributed by atoms with E-state index in [9.17, 15) is 4.79 Å². The molecule has 1 aromatic carbocycles. The van der Waals surface area contributed by atoms with E-state index in [4.69, 9.17) is 10.5 Å². The van der Waals surface area contributed by atoms with E-state index in [1.54, 1.807) is 11.9 Å². The number of nitrogens with two attached hydrogens (primary N) is 1. The summed E-state index contributed by atoms with van der Waals surface area (Å²) in [5.41, 5.74) is 7.65. The monoisotopic (exact) mass is 263 g/mol. The van der Waals surface area contributed by atoms with Crippen molar-refractivity contribution in [3.05, 3.63) is 18.2 Å². The molecule has 5 nitrogen and oxygen atoms in total. The Kier molecular flexibility index (Phi) is 3.95. The van der Waals surface area contributed by atoms with E-state index in [0.29, 0.717) is 0 Å². The smallest absolute Gasteiger partial charge is 0.264 e. The minimum Gasteiger partial charge on any atom is -0.482 e. The highest BCUT2D eigenvalue weighted by molar-refractivity contribution is 5.97. The molecule has 19 heavy (non-hydrogen) atoms. The molecule has 0 fully saturated rings. The van der Waals surface area contributed by atoms with Crippen molar-refractivity contribution in [3.8, 4) is 5.75 Å². The summed E-state index contributed by atoms with van der Waals surface area (Å²) in [5.74, 6) is 0.731. The topological polar surface area (TPSA) is 58.8 Å². The number of hydrogen-bond acceptors (Lipinski definition) is 4. The Hall–Kier alpha value is -1.75. The third-order valence-electron chi connectivity index (χ3n) is 3.39. The summed E-state index contributed by atoms with van der Waals surface area (Å²) >= 11 is 0. The number of carbonyl (C=O) groups excluding carboxylic acids is 1. The molecular weight excluding hydrogens is 242 g/mol. The van der Waals surface area contributed by atoms with Gasteiger partial charge in [0.1, 0.15) is 5.75 Å². The van der Waals surface area contributed by atoms with Crippen molar-refractivity contribution >= 4 is 17.3 Å². The number of rotatable bonds is 4. The second-order valence-electron chi connectivity index (χ2n) is 5.08. The average Bonchev–Trinajstić information content (AvgIpc) is 2.40. The van der Waals surface area contributed by atoms with Crippen LogP contribution in [-0.4, -0.2) is 39.2 Å². The number of carbonyl (C=O) groups is 1. The van der Waals surface area contributed by atoms with Crippen LogP contribution >= 0.6 is 0 Å². The number of anilines is 2. The molecule has 1 unspecified atom stereocenters. The Morgan fingerprint density at radius 3 is 2.95 bits per heavy atom. The van der Waals surface area contributed by atoms with Crippen LogP contribution in [0.5, 0.6) is 5.75 Å². The van der Waals surface area contributed by atoms with Crippen LogP contribution in [0.25, 0.3) is 0 Å². The molecule has 5 heteroatoms. The first-order valence-electron chi connectivity index (χ1n) is 6.49. The summed E-state index contributed by atoms with van der Waals surface area (Å²) in [6.45, 7) is 3.00. The number of fused-ring (bicyclic) bond motifs is 1. The number of nitrogens with zero attached hydrogens (tertiary/aromatic N) is 2. The van der Waals surface area contributed by atoms with Gasteiger partial charge in [0, 0.05) is 32.4 Å². The van der Waals surface area contributed by atoms with Gasteiger partial charge in [-0.15, -0.1) is 0 Å². The number of likely N-dealkylation sites (N-methyl/N-ethyl adjacent to an activating group) is 1. The Balaban J connectivity index is 2.18. The Morgan fingerprint density at radius 1 is 1.53 bits per heavy atom. The quantitative estimate of drug-likeness (QED) is 0.887. The highest BCUT2D eigenvalue weighted by Crippen LogP contribution is 2.34. The first kappa shape index (κ1) is 13.7. The fourth-order valence-corrected chi connectivity index (χ4v) is 2.02. The predicted octanol–water partition coefficient (Wildman–Crippen LogP) is 1.22. The molecule has 0 saturated carbocycles. The zero-order chi connectivity index (χ0) is 14.0. The highest BCUT2D eigenvalue weighted by Gasteiger charge is 2.22. The third-order valence-corrected chi connectivity index (χ3v) is 3.39. The van der Waals surface area contributed by atoms with Gasteiger partial charge in [-0.05, 0) is 31.5 Å². The number of amides is 1. The largest absolute Gasteiger partial charge is 0.482 e. The SMILES string of the molecule is CC(N)CCN(C)c1ccc2c(c1)N(C)C(=O)CO2. The lowest BCUT2D eigenvalue weighted by Crippen LogP contribution is -2.35. The van der Waals surface area contributed by atoms with Crippen LogP contribution in [0.2, 0.25) is 0 Å². The zero-order valence-electron chi connectivity index (χ0n) is 11.7. The lowest BCUT2D eigenvalue weighted by Gasteiger charge is -2.28. The Morgan fingerprint density at radius 2 is 2.26 bits per heavy atom. The van der Waals surface area contributed by atoms with Crippen molar-refractivity contribution in [1.29, 1.82) is 0 Å². The lowest BCUT2D eigenvalue weighted by atomic mass is 10.2. The molecular formula is C14H21N3O2. The molecule has 2 rings (SSSR count). The maximum absolute atomic E-state index is 11.6. The van der Waals surface area contributed by atoms with E-state index < -0.39 is 0 Å². The van der Waals surface area contributed by atoms with Gasteiger partial charge in [0.25, 0.3) is 5.91 Å². The Bertz CT molecular complexity index is 474. The molecule has 0 bridgehead atoms. The molecule has 0 aliphatic carbocycles. The highest BCUT2D eigenvalue weighted by atomic mass is 16.5. The summed E-state index contributed by atoms with van der Waals surface area (Å²) in [4.78, 5) is 15.4. The van der Waals surface area contributed by atoms with E-state index in [0.717, 1.165) is 30.1 Å². The minimum atomic E-state index is -0.0251. The fraction of sp³-hybridized carbons (Fsp3) is 0.500. The molecule has 0 radical (unpaired) electrons. The summed E-state index contributed by atoms with van der Waals surface area (Å²) in [7, 11) is 3.80. The number of hydrogen-bond donors (Lipinski definition) is 1. The van der Waals surface area contributed by atoms with Crippen molar-refractivity contribution in [1.82, 2.24) is 0 Å². The van der Waals surface area contributed by atoms with Crippen LogP contribution in [-0.2, 0) is 4.79 Å². The van der Waals surface area contributed by atoms with Crippen molar-refractivity contribution < 1.29 is 9.53 Å². The summed E-state index contributed by atoms with van der Waals surface area (Å²) in [6, 6.07) is 6.08. The average molecular weight is 263 g/mol. The van der Waals surface area contributed by atoms with Crippen LogP contribution in [0, 0.1) is 0 Å². The van der Waals surface area contributed by atoms with Crippen LogP contribution in [0.15, 0.2) is 18.2 Å².